The molecule has 0 fully saturated rings. The fraction of sp³-hybridized carbons (Fsp3) is 0.0500. The number of hydrogen-bond donors (Lipinski definition) is 1. The van der Waals surface area contributed by atoms with Crippen LogP contribution in [0.1, 0.15) is 15.2 Å². The summed E-state index contributed by atoms with van der Waals surface area (Å²) in [5, 5.41) is 0.391. The first-order valence-electron chi connectivity index (χ1n) is 8.28. The molecular weight excluding hydrogens is 384 g/mol. The number of halogens is 2. The molecule has 2 heterocycles. The van der Waals surface area contributed by atoms with Crippen LogP contribution >= 0.6 is 11.3 Å². The second-order valence-electron chi connectivity index (χ2n) is 6.07. The second kappa shape index (κ2) is 6.97. The second-order valence-corrected chi connectivity index (χ2v) is 7.27. The number of rotatable bonds is 3. The van der Waals surface area contributed by atoms with Crippen molar-refractivity contribution in [2.24, 2.45) is 0 Å². The van der Waals surface area contributed by atoms with E-state index >= 15 is 0 Å². The lowest BCUT2D eigenvalue weighted by Gasteiger charge is -2.09. The van der Waals surface area contributed by atoms with Crippen LogP contribution in [0.4, 0.5) is 8.78 Å². The maximum Gasteiger partial charge on any atom is 0.281 e. The van der Waals surface area contributed by atoms with Crippen molar-refractivity contribution in [2.45, 2.75) is 6.92 Å². The summed E-state index contributed by atoms with van der Waals surface area (Å²) in [5.41, 5.74) is 3.43. The zero-order chi connectivity index (χ0) is 19.8. The van der Waals surface area contributed by atoms with E-state index in [2.05, 4.69) is 10.4 Å². The maximum absolute atomic E-state index is 13.4. The number of carbonyl (C=O) groups is 1. The molecule has 5 nitrogen and oxygen atoms in total. The third-order valence-corrected chi connectivity index (χ3v) is 5.27. The van der Waals surface area contributed by atoms with Gasteiger partial charge in [-0.25, -0.2) is 18.4 Å². The van der Waals surface area contributed by atoms with Crippen molar-refractivity contribution in [1.82, 2.24) is 9.66 Å². The highest BCUT2D eigenvalue weighted by atomic mass is 32.1. The normalized spacial score (nSPS) is 11.0. The first-order chi connectivity index (χ1) is 13.5. The fourth-order valence-corrected chi connectivity index (χ4v) is 3.95. The zero-order valence-electron chi connectivity index (χ0n) is 14.6. The van der Waals surface area contributed by atoms with Gasteiger partial charge in [0, 0.05) is 16.0 Å². The van der Waals surface area contributed by atoms with Crippen molar-refractivity contribution in [2.75, 3.05) is 5.43 Å². The van der Waals surface area contributed by atoms with E-state index in [0.29, 0.717) is 10.2 Å². The number of thiophene rings is 1. The van der Waals surface area contributed by atoms with Gasteiger partial charge in [0.25, 0.3) is 11.5 Å². The first kappa shape index (κ1) is 18.0. The zero-order valence-corrected chi connectivity index (χ0v) is 15.4. The van der Waals surface area contributed by atoms with Crippen LogP contribution in [0.3, 0.4) is 0 Å². The van der Waals surface area contributed by atoms with E-state index < -0.39 is 23.1 Å². The summed E-state index contributed by atoms with van der Waals surface area (Å²) in [5.74, 6) is -2.96. The van der Waals surface area contributed by atoms with E-state index in [0.717, 1.165) is 38.9 Å². The smallest absolute Gasteiger partial charge is 0.267 e. The average molecular weight is 397 g/mol. The van der Waals surface area contributed by atoms with Crippen molar-refractivity contribution in [3.05, 3.63) is 87.3 Å². The number of benzene rings is 2. The van der Waals surface area contributed by atoms with E-state index in [9.17, 15) is 18.4 Å². The summed E-state index contributed by atoms with van der Waals surface area (Å²) >= 11 is 1.39. The van der Waals surface area contributed by atoms with E-state index in [1.165, 1.54) is 17.7 Å². The number of aryl methyl sites for hydroxylation is 1. The molecule has 140 valence electrons. The van der Waals surface area contributed by atoms with Gasteiger partial charge in [-0.2, -0.15) is 0 Å². The van der Waals surface area contributed by atoms with Crippen LogP contribution in [-0.4, -0.2) is 15.6 Å². The molecule has 0 spiro atoms. The van der Waals surface area contributed by atoms with Gasteiger partial charge in [-0.15, -0.1) is 11.3 Å². The van der Waals surface area contributed by atoms with Gasteiger partial charge >= 0.3 is 0 Å². The Morgan fingerprint density at radius 3 is 2.57 bits per heavy atom. The largest absolute Gasteiger partial charge is 0.281 e. The number of hydrogen-bond acceptors (Lipinski definition) is 4. The monoisotopic (exact) mass is 397 g/mol. The molecule has 4 rings (SSSR count). The van der Waals surface area contributed by atoms with Gasteiger partial charge in [0.1, 0.15) is 11.2 Å². The van der Waals surface area contributed by atoms with Gasteiger partial charge in [0.2, 0.25) is 0 Å². The Morgan fingerprint density at radius 1 is 1.11 bits per heavy atom. The quantitative estimate of drug-likeness (QED) is 0.566. The Morgan fingerprint density at radius 2 is 1.86 bits per heavy atom. The van der Waals surface area contributed by atoms with Crippen molar-refractivity contribution in [1.29, 1.82) is 0 Å². The van der Waals surface area contributed by atoms with Crippen molar-refractivity contribution >= 4 is 27.5 Å². The molecule has 8 heteroatoms. The van der Waals surface area contributed by atoms with Gasteiger partial charge in [-0.1, -0.05) is 30.3 Å². The molecule has 0 saturated carbocycles. The molecule has 0 atom stereocenters. The number of fused-ring (bicyclic) bond motifs is 1. The molecule has 2 aromatic carbocycles. The minimum Gasteiger partial charge on any atom is -0.267 e. The molecule has 0 aliphatic rings. The van der Waals surface area contributed by atoms with E-state index in [1.807, 2.05) is 37.3 Å². The lowest BCUT2D eigenvalue weighted by Crippen LogP contribution is -2.33. The molecule has 0 aliphatic carbocycles. The van der Waals surface area contributed by atoms with E-state index in [1.54, 1.807) is 0 Å². The highest BCUT2D eigenvalue weighted by Gasteiger charge is 2.18. The lowest BCUT2D eigenvalue weighted by atomic mass is 10.0. The molecule has 1 N–H and O–H groups in total. The Labute approximate surface area is 161 Å². The van der Waals surface area contributed by atoms with Crippen LogP contribution in [0.5, 0.6) is 0 Å². The Kier molecular flexibility index (Phi) is 4.48. The number of carbonyl (C=O) groups excluding carboxylic acids is 1. The predicted molar refractivity (Wildman–Crippen MR) is 104 cm³/mol. The van der Waals surface area contributed by atoms with Crippen LogP contribution < -0.4 is 11.0 Å². The third-order valence-electron chi connectivity index (χ3n) is 4.26. The number of nitrogens with one attached hydrogen (secondary N) is 1. The molecule has 0 aliphatic heterocycles. The Bertz CT molecular complexity index is 1270. The van der Waals surface area contributed by atoms with Gasteiger partial charge < -0.3 is 0 Å². The number of amides is 1. The Hall–Kier alpha value is -3.39. The fourth-order valence-electron chi connectivity index (χ4n) is 2.95. The van der Waals surface area contributed by atoms with Crippen molar-refractivity contribution < 1.29 is 13.6 Å². The lowest BCUT2D eigenvalue weighted by molar-refractivity contribution is 0.101. The standard InChI is InChI=1S/C20H13F2N3O2S/c1-11-16(12-5-3-2-4-6-12)17-19(28-11)23-10-25(20(17)27)24-18(26)13-7-8-14(21)15(22)9-13/h2-10H,1H3,(H,24,26). The molecule has 0 radical (unpaired) electrons. The minimum absolute atomic E-state index is 0.115. The van der Waals surface area contributed by atoms with Crippen molar-refractivity contribution in [3.8, 4) is 11.1 Å². The average Bonchev–Trinajstić information content (AvgIpc) is 3.03. The molecular formula is C20H13F2N3O2S. The van der Waals surface area contributed by atoms with Crippen LogP contribution in [0.25, 0.3) is 21.3 Å². The van der Waals surface area contributed by atoms with Gasteiger partial charge in [-0.3, -0.25) is 15.0 Å². The maximum atomic E-state index is 13.4. The molecule has 1 amide bonds. The molecule has 0 bridgehead atoms. The molecule has 0 saturated heterocycles. The predicted octanol–water partition coefficient (Wildman–Crippen LogP) is 4.10. The van der Waals surface area contributed by atoms with E-state index in [4.69, 9.17) is 0 Å². The highest BCUT2D eigenvalue weighted by molar-refractivity contribution is 7.19. The van der Waals surface area contributed by atoms with Crippen LogP contribution in [0.15, 0.2) is 59.7 Å². The first-order valence-corrected chi connectivity index (χ1v) is 9.10. The summed E-state index contributed by atoms with van der Waals surface area (Å²) in [4.78, 5) is 31.1. The summed E-state index contributed by atoms with van der Waals surface area (Å²) in [6.45, 7) is 1.90. The molecule has 2 aromatic heterocycles. The molecule has 0 unspecified atom stereocenters. The summed E-state index contributed by atoms with van der Waals surface area (Å²) < 4.78 is 27.4. The molecule has 4 aromatic rings. The van der Waals surface area contributed by atoms with Crippen LogP contribution in [-0.2, 0) is 0 Å². The Balaban J connectivity index is 1.79. The van der Waals surface area contributed by atoms with Gasteiger partial charge in [0.15, 0.2) is 11.6 Å². The third kappa shape index (κ3) is 3.07. The SMILES string of the molecule is Cc1sc2ncn(NC(=O)c3ccc(F)c(F)c3)c(=O)c2c1-c1ccccc1. The summed E-state index contributed by atoms with van der Waals surface area (Å²) in [6, 6.07) is 12.2. The van der Waals surface area contributed by atoms with Gasteiger partial charge in [-0.05, 0) is 30.7 Å². The van der Waals surface area contributed by atoms with Gasteiger partial charge in [0.05, 0.1) is 5.39 Å². The topological polar surface area (TPSA) is 64.0 Å². The number of aromatic nitrogens is 2. The van der Waals surface area contributed by atoms with Crippen LogP contribution in [0, 0.1) is 18.6 Å². The summed E-state index contributed by atoms with van der Waals surface area (Å²) in [6.07, 6.45) is 1.20. The minimum atomic E-state index is -1.15. The number of nitrogens with zero attached hydrogens (tertiary/aromatic N) is 2. The van der Waals surface area contributed by atoms with E-state index in [-0.39, 0.29) is 5.56 Å². The molecule has 28 heavy (non-hydrogen) atoms. The van der Waals surface area contributed by atoms with Crippen molar-refractivity contribution in [3.63, 3.8) is 0 Å². The summed E-state index contributed by atoms with van der Waals surface area (Å²) in [7, 11) is 0. The van der Waals surface area contributed by atoms with Crippen LogP contribution in [0.2, 0.25) is 0 Å². The highest BCUT2D eigenvalue weighted by Crippen LogP contribution is 2.35.